The monoisotopic (exact) mass is 559 g/mol. The highest BCUT2D eigenvalue weighted by Crippen LogP contribution is 2.40. The highest BCUT2D eigenvalue weighted by atomic mass is 32.1. The van der Waals surface area contributed by atoms with Crippen LogP contribution in [0.5, 0.6) is 0 Å². The topological polar surface area (TPSA) is 44.4 Å². The number of nitrogens with one attached hydrogen (secondary N) is 2. The molecule has 2 fully saturated rings. The first kappa shape index (κ1) is 27.1. The van der Waals surface area contributed by atoms with Crippen LogP contribution in [0.25, 0.3) is 10.1 Å². The molecular weight excluding hydrogens is 526 g/mol. The number of piperidine rings is 1. The predicted molar refractivity (Wildman–Crippen MR) is 154 cm³/mol. The van der Waals surface area contributed by atoms with E-state index < -0.39 is 19.7 Å². The number of likely N-dealkylation sites (tertiary alicyclic amines) is 1. The summed E-state index contributed by atoms with van der Waals surface area (Å²) in [5, 5.41) is 8.24. The first-order valence-corrected chi connectivity index (χ1v) is 16.5. The number of thiophene rings is 1. The fraction of sp³-hybridized carbons (Fsp3) is 0.448. The van der Waals surface area contributed by atoms with Gasteiger partial charge in [0.25, 0.3) is 0 Å². The van der Waals surface area contributed by atoms with Crippen molar-refractivity contribution < 1.29 is 17.7 Å². The summed E-state index contributed by atoms with van der Waals surface area (Å²) in [6.45, 7) is 5.89. The molecule has 0 radical (unpaired) electrons. The molecule has 2 heterocycles. The maximum Gasteiger partial charge on any atom is 0.393 e. The zero-order valence-electron chi connectivity index (χ0n) is 21.7. The largest absolute Gasteiger partial charge is 0.393 e. The maximum atomic E-state index is 13.5. The van der Waals surface area contributed by atoms with Crippen LogP contribution in [0.15, 0.2) is 42.5 Å². The van der Waals surface area contributed by atoms with Gasteiger partial charge in [-0.05, 0) is 80.3 Å². The van der Waals surface area contributed by atoms with E-state index in [-0.39, 0.29) is 5.56 Å². The molecule has 4 nitrogen and oxygen atoms in total. The molecule has 1 aliphatic carbocycles. The quantitative estimate of drug-likeness (QED) is 0.248. The minimum atomic E-state index is -4.32. The van der Waals surface area contributed by atoms with Gasteiger partial charge < -0.3 is 20.1 Å². The summed E-state index contributed by atoms with van der Waals surface area (Å²) in [6.07, 6.45) is -0.616. The van der Waals surface area contributed by atoms with Gasteiger partial charge >= 0.3 is 6.18 Å². The van der Waals surface area contributed by atoms with Crippen molar-refractivity contribution in [2.45, 2.75) is 50.4 Å². The number of hydrogen-bond acceptors (Lipinski definition) is 5. The van der Waals surface area contributed by atoms with E-state index in [0.29, 0.717) is 22.8 Å². The van der Waals surface area contributed by atoms with Crippen LogP contribution in [0.4, 0.5) is 24.5 Å². The van der Waals surface area contributed by atoms with Crippen molar-refractivity contribution in [3.05, 3.63) is 52.9 Å². The number of benzene rings is 2. The van der Waals surface area contributed by atoms with Gasteiger partial charge in [0, 0.05) is 36.2 Å². The standard InChI is InChI=1S/C29H33F3N3OPS/c1-37(2,36)23-12-8-20(9-13-23)33-16-4-7-27-25(19-29(30,31)32)24-5-3-6-26(28(24)38-27)34-21-14-17-35(18-15-21)22-10-11-22/h3,5-6,8-9,12-13,21-22,33-34H,10-11,14-19H2,1-2H3. The number of anilines is 2. The van der Waals surface area contributed by atoms with Crippen LogP contribution in [0.2, 0.25) is 0 Å². The normalized spacial score (nSPS) is 17.3. The molecule has 2 aromatic carbocycles. The van der Waals surface area contributed by atoms with Crippen molar-refractivity contribution in [1.29, 1.82) is 0 Å². The van der Waals surface area contributed by atoms with Crippen LogP contribution in [-0.2, 0) is 11.0 Å². The molecule has 2 aliphatic rings. The molecule has 1 saturated heterocycles. The van der Waals surface area contributed by atoms with Crippen LogP contribution in [0, 0.1) is 11.8 Å². The van der Waals surface area contributed by atoms with Crippen molar-refractivity contribution in [2.24, 2.45) is 0 Å². The Kier molecular flexibility index (Phi) is 7.82. The Labute approximate surface area is 226 Å². The third-order valence-electron chi connectivity index (χ3n) is 7.22. The average Bonchev–Trinajstić information content (AvgIpc) is 3.65. The summed E-state index contributed by atoms with van der Waals surface area (Å²) in [5.41, 5.74) is 1.97. The van der Waals surface area contributed by atoms with Gasteiger partial charge in [-0.1, -0.05) is 24.0 Å². The summed E-state index contributed by atoms with van der Waals surface area (Å²) in [7, 11) is -2.32. The van der Waals surface area contributed by atoms with Gasteiger partial charge in [-0.25, -0.2) is 0 Å². The predicted octanol–water partition coefficient (Wildman–Crippen LogP) is 6.76. The molecular formula is C29H33F3N3OPS. The second-order valence-corrected chi connectivity index (χ2v) is 14.9. The lowest BCUT2D eigenvalue weighted by atomic mass is 10.0. The minimum Gasteiger partial charge on any atom is -0.381 e. The lowest BCUT2D eigenvalue weighted by molar-refractivity contribution is -0.126. The second kappa shape index (κ2) is 11.0. The lowest BCUT2D eigenvalue weighted by Gasteiger charge is -2.33. The summed E-state index contributed by atoms with van der Waals surface area (Å²) in [5.74, 6) is 6.02. The van der Waals surface area contributed by atoms with E-state index in [1.807, 2.05) is 36.4 Å². The van der Waals surface area contributed by atoms with E-state index in [9.17, 15) is 17.7 Å². The number of halogens is 3. The fourth-order valence-electron chi connectivity index (χ4n) is 5.04. The van der Waals surface area contributed by atoms with Gasteiger partial charge in [-0.15, -0.1) is 11.3 Å². The molecule has 38 heavy (non-hydrogen) atoms. The molecule has 0 amide bonds. The zero-order chi connectivity index (χ0) is 26.9. The van der Waals surface area contributed by atoms with E-state index in [1.54, 1.807) is 19.4 Å². The Morgan fingerprint density at radius 2 is 1.76 bits per heavy atom. The summed E-state index contributed by atoms with van der Waals surface area (Å²) in [4.78, 5) is 3.03. The highest BCUT2D eigenvalue weighted by Gasteiger charge is 2.33. The van der Waals surface area contributed by atoms with Crippen LogP contribution < -0.4 is 15.9 Å². The summed E-state index contributed by atoms with van der Waals surface area (Å²) < 4.78 is 53.6. The molecule has 1 saturated carbocycles. The number of fused-ring (bicyclic) bond motifs is 1. The Morgan fingerprint density at radius 3 is 2.39 bits per heavy atom. The van der Waals surface area contributed by atoms with E-state index in [0.717, 1.165) is 53.4 Å². The van der Waals surface area contributed by atoms with Gasteiger partial charge in [0.05, 0.1) is 28.2 Å². The van der Waals surface area contributed by atoms with Crippen molar-refractivity contribution in [2.75, 3.05) is 43.6 Å². The molecule has 5 rings (SSSR count). The number of rotatable bonds is 7. The Balaban J connectivity index is 1.33. The van der Waals surface area contributed by atoms with E-state index >= 15 is 0 Å². The third kappa shape index (κ3) is 6.75. The van der Waals surface area contributed by atoms with E-state index in [1.165, 1.54) is 24.2 Å². The number of nitrogens with zero attached hydrogens (tertiary/aromatic N) is 1. The maximum absolute atomic E-state index is 13.5. The van der Waals surface area contributed by atoms with Gasteiger partial charge in [-0.3, -0.25) is 0 Å². The summed E-state index contributed by atoms with van der Waals surface area (Å²) in [6, 6.07) is 14.0. The van der Waals surface area contributed by atoms with Crippen molar-refractivity contribution in [3.63, 3.8) is 0 Å². The first-order chi connectivity index (χ1) is 18.1. The van der Waals surface area contributed by atoms with Gasteiger partial charge in [0.1, 0.15) is 7.14 Å². The SMILES string of the molecule is CP(C)(=O)c1ccc(NCC#Cc2sc3c(NC4CCN(C5CC5)CC4)cccc3c2CC(F)(F)F)cc1. The molecule has 0 bridgehead atoms. The minimum absolute atomic E-state index is 0.253. The van der Waals surface area contributed by atoms with E-state index in [4.69, 9.17) is 0 Å². The Bertz CT molecular complexity index is 1390. The molecule has 1 aromatic heterocycles. The lowest BCUT2D eigenvalue weighted by Crippen LogP contribution is -2.40. The highest BCUT2D eigenvalue weighted by molar-refractivity contribution is 7.70. The van der Waals surface area contributed by atoms with Crippen molar-refractivity contribution in [3.8, 4) is 11.8 Å². The van der Waals surface area contributed by atoms with Crippen LogP contribution in [0.1, 0.15) is 36.1 Å². The smallest absolute Gasteiger partial charge is 0.381 e. The fourth-order valence-corrected chi connectivity index (χ4v) is 7.08. The third-order valence-corrected chi connectivity index (χ3v) is 9.96. The van der Waals surface area contributed by atoms with Crippen LogP contribution in [0.3, 0.4) is 0 Å². The van der Waals surface area contributed by atoms with E-state index in [2.05, 4.69) is 27.4 Å². The van der Waals surface area contributed by atoms with Crippen LogP contribution in [-0.4, -0.2) is 56.1 Å². The van der Waals surface area contributed by atoms with Crippen molar-refractivity contribution >= 4 is 45.2 Å². The molecule has 3 aromatic rings. The molecule has 0 atom stereocenters. The second-order valence-electron chi connectivity index (χ2n) is 10.6. The van der Waals surface area contributed by atoms with Crippen LogP contribution >= 0.6 is 18.5 Å². The Morgan fingerprint density at radius 1 is 1.05 bits per heavy atom. The van der Waals surface area contributed by atoms with Gasteiger partial charge in [-0.2, -0.15) is 13.2 Å². The number of hydrogen-bond donors (Lipinski definition) is 2. The van der Waals surface area contributed by atoms with Gasteiger partial charge in [0.15, 0.2) is 0 Å². The average molecular weight is 560 g/mol. The molecule has 202 valence electrons. The molecule has 1 aliphatic heterocycles. The molecule has 0 spiro atoms. The molecule has 0 unspecified atom stereocenters. The summed E-state index contributed by atoms with van der Waals surface area (Å²) >= 11 is 1.34. The van der Waals surface area contributed by atoms with Crippen molar-refractivity contribution in [1.82, 2.24) is 4.90 Å². The first-order valence-electron chi connectivity index (χ1n) is 13.1. The molecule has 2 N–H and O–H groups in total. The Hall–Kier alpha value is -2.46. The molecule has 9 heteroatoms. The zero-order valence-corrected chi connectivity index (χ0v) is 23.4. The number of alkyl halides is 3. The van der Waals surface area contributed by atoms with Gasteiger partial charge in [0.2, 0.25) is 0 Å².